The highest BCUT2D eigenvalue weighted by atomic mass is 16.5. The standard InChI is InChI=1S/C16H12N2O4/c1-8-6-12-14(16(20)21-8)13(11(7-17)15(18)22-12)9-2-4-10(19)5-3-9/h2-6,13,19H,18H2,1H3/t13-/m1/s1. The van der Waals surface area contributed by atoms with Gasteiger partial charge >= 0.3 is 5.63 Å². The van der Waals surface area contributed by atoms with Crippen LogP contribution in [0.5, 0.6) is 11.5 Å². The molecule has 0 saturated heterocycles. The van der Waals surface area contributed by atoms with Crippen LogP contribution in [-0.2, 0) is 0 Å². The van der Waals surface area contributed by atoms with E-state index in [1.165, 1.54) is 12.1 Å². The first kappa shape index (κ1) is 13.8. The second-order valence-corrected chi connectivity index (χ2v) is 4.94. The third-order valence-corrected chi connectivity index (χ3v) is 3.48. The molecule has 1 aliphatic rings. The van der Waals surface area contributed by atoms with E-state index < -0.39 is 11.5 Å². The van der Waals surface area contributed by atoms with E-state index in [0.717, 1.165) is 0 Å². The molecule has 1 aliphatic heterocycles. The lowest BCUT2D eigenvalue weighted by Crippen LogP contribution is -2.26. The van der Waals surface area contributed by atoms with Gasteiger partial charge in [0.1, 0.15) is 28.9 Å². The van der Waals surface area contributed by atoms with Gasteiger partial charge in [-0.05, 0) is 24.6 Å². The van der Waals surface area contributed by atoms with Gasteiger partial charge in [0.25, 0.3) is 0 Å². The molecule has 22 heavy (non-hydrogen) atoms. The molecule has 1 aromatic heterocycles. The van der Waals surface area contributed by atoms with Gasteiger partial charge in [0.2, 0.25) is 5.88 Å². The number of hydrogen-bond donors (Lipinski definition) is 2. The molecule has 6 nitrogen and oxygen atoms in total. The molecule has 3 rings (SSSR count). The van der Waals surface area contributed by atoms with Crippen LogP contribution in [-0.4, -0.2) is 5.11 Å². The fourth-order valence-corrected chi connectivity index (χ4v) is 2.52. The van der Waals surface area contributed by atoms with Crippen LogP contribution < -0.4 is 16.1 Å². The third kappa shape index (κ3) is 2.09. The number of hydrogen-bond acceptors (Lipinski definition) is 6. The molecule has 1 atom stereocenters. The molecule has 0 radical (unpaired) electrons. The first-order valence-electron chi connectivity index (χ1n) is 6.52. The maximum Gasteiger partial charge on any atom is 0.343 e. The monoisotopic (exact) mass is 296 g/mol. The van der Waals surface area contributed by atoms with E-state index in [2.05, 4.69) is 0 Å². The molecule has 0 spiro atoms. The molecular weight excluding hydrogens is 284 g/mol. The van der Waals surface area contributed by atoms with Gasteiger partial charge < -0.3 is 20.0 Å². The molecule has 0 saturated carbocycles. The lowest BCUT2D eigenvalue weighted by molar-refractivity contribution is 0.371. The van der Waals surface area contributed by atoms with Crippen molar-refractivity contribution in [3.63, 3.8) is 0 Å². The van der Waals surface area contributed by atoms with Crippen molar-refractivity contribution in [2.45, 2.75) is 12.8 Å². The summed E-state index contributed by atoms with van der Waals surface area (Å²) in [7, 11) is 0. The van der Waals surface area contributed by atoms with Crippen LogP contribution in [0.3, 0.4) is 0 Å². The second kappa shape index (κ2) is 4.97. The number of rotatable bonds is 1. The number of nitrogens with zero attached hydrogens (tertiary/aromatic N) is 1. The van der Waals surface area contributed by atoms with Crippen molar-refractivity contribution in [2.24, 2.45) is 5.73 Å². The zero-order chi connectivity index (χ0) is 15.9. The van der Waals surface area contributed by atoms with E-state index in [4.69, 9.17) is 14.9 Å². The molecule has 6 heteroatoms. The fourth-order valence-electron chi connectivity index (χ4n) is 2.52. The minimum Gasteiger partial charge on any atom is -0.508 e. The van der Waals surface area contributed by atoms with Gasteiger partial charge in [0.15, 0.2) is 0 Å². The molecule has 1 aromatic carbocycles. The number of allylic oxidation sites excluding steroid dienone is 1. The number of nitrogens with two attached hydrogens (primary N) is 1. The average molecular weight is 296 g/mol. The Bertz CT molecular complexity index is 872. The predicted octanol–water partition coefficient (Wildman–Crippen LogP) is 1.87. The van der Waals surface area contributed by atoms with Crippen molar-refractivity contribution in [3.05, 3.63) is 69.1 Å². The highest BCUT2D eigenvalue weighted by Gasteiger charge is 2.34. The number of benzene rings is 1. The summed E-state index contributed by atoms with van der Waals surface area (Å²) in [5.74, 6) is 0.0245. The molecule has 0 unspecified atom stereocenters. The maximum absolute atomic E-state index is 12.2. The van der Waals surface area contributed by atoms with Crippen molar-refractivity contribution in [1.29, 1.82) is 5.26 Å². The smallest absolute Gasteiger partial charge is 0.343 e. The molecule has 0 aliphatic carbocycles. The van der Waals surface area contributed by atoms with E-state index in [1.807, 2.05) is 6.07 Å². The van der Waals surface area contributed by atoms with Crippen LogP contribution in [0, 0.1) is 18.3 Å². The number of ether oxygens (including phenoxy) is 1. The summed E-state index contributed by atoms with van der Waals surface area (Å²) >= 11 is 0. The summed E-state index contributed by atoms with van der Waals surface area (Å²) in [5.41, 5.74) is 6.23. The second-order valence-electron chi connectivity index (χ2n) is 4.94. The summed E-state index contributed by atoms with van der Waals surface area (Å²) in [6, 6.07) is 9.75. The molecule has 0 fully saturated rings. The van der Waals surface area contributed by atoms with Crippen LogP contribution in [0.4, 0.5) is 0 Å². The van der Waals surface area contributed by atoms with E-state index in [9.17, 15) is 15.2 Å². The average Bonchev–Trinajstić information content (AvgIpc) is 2.46. The van der Waals surface area contributed by atoms with E-state index in [0.29, 0.717) is 11.3 Å². The predicted molar refractivity (Wildman–Crippen MR) is 77.1 cm³/mol. The number of phenolic OH excluding ortho intramolecular Hbond substituents is 1. The van der Waals surface area contributed by atoms with Crippen LogP contribution in [0.2, 0.25) is 0 Å². The first-order chi connectivity index (χ1) is 10.5. The summed E-state index contributed by atoms with van der Waals surface area (Å²) in [4.78, 5) is 12.2. The van der Waals surface area contributed by atoms with Crippen molar-refractivity contribution < 1.29 is 14.3 Å². The molecule has 110 valence electrons. The van der Waals surface area contributed by atoms with Gasteiger partial charge in [-0.1, -0.05) is 12.1 Å². The Morgan fingerprint density at radius 3 is 2.64 bits per heavy atom. The summed E-state index contributed by atoms with van der Waals surface area (Å²) in [6.07, 6.45) is 0. The Kier molecular flexibility index (Phi) is 3.11. The molecule has 2 heterocycles. The summed E-state index contributed by atoms with van der Waals surface area (Å²) in [6.45, 7) is 1.63. The number of fused-ring (bicyclic) bond motifs is 1. The highest BCUT2D eigenvalue weighted by molar-refractivity contribution is 5.54. The molecular formula is C16H12N2O4. The Labute approximate surface area is 125 Å². The Balaban J connectivity index is 2.29. The Morgan fingerprint density at radius 1 is 1.32 bits per heavy atom. The molecule has 3 N–H and O–H groups in total. The number of aryl methyl sites for hydroxylation is 1. The zero-order valence-electron chi connectivity index (χ0n) is 11.7. The molecule has 0 amide bonds. The van der Waals surface area contributed by atoms with Gasteiger partial charge in [-0.3, -0.25) is 0 Å². The number of phenols is 1. The van der Waals surface area contributed by atoms with Crippen LogP contribution >= 0.6 is 0 Å². The van der Waals surface area contributed by atoms with Gasteiger partial charge in [0.05, 0.1) is 11.5 Å². The normalized spacial score (nSPS) is 16.6. The molecule has 2 aromatic rings. The number of nitriles is 1. The number of aromatic hydroxyl groups is 1. The molecule has 0 bridgehead atoms. The first-order valence-corrected chi connectivity index (χ1v) is 6.52. The van der Waals surface area contributed by atoms with Gasteiger partial charge in [-0.25, -0.2) is 4.79 Å². The maximum atomic E-state index is 12.2. The Hall–Kier alpha value is -3.20. The van der Waals surface area contributed by atoms with Gasteiger partial charge in [-0.2, -0.15) is 5.26 Å². The largest absolute Gasteiger partial charge is 0.508 e. The zero-order valence-corrected chi connectivity index (χ0v) is 11.7. The van der Waals surface area contributed by atoms with Crippen LogP contribution in [0.15, 0.2) is 51.0 Å². The topological polar surface area (TPSA) is 109 Å². The third-order valence-electron chi connectivity index (χ3n) is 3.48. The lowest BCUT2D eigenvalue weighted by atomic mass is 9.84. The van der Waals surface area contributed by atoms with Crippen LogP contribution in [0.25, 0.3) is 0 Å². The van der Waals surface area contributed by atoms with Gasteiger partial charge in [0, 0.05) is 6.07 Å². The van der Waals surface area contributed by atoms with Crippen LogP contribution in [0.1, 0.15) is 22.8 Å². The van der Waals surface area contributed by atoms with Crippen molar-refractivity contribution in [2.75, 3.05) is 0 Å². The summed E-state index contributed by atoms with van der Waals surface area (Å²) in [5, 5.41) is 18.8. The lowest BCUT2D eigenvalue weighted by Gasteiger charge is -2.25. The van der Waals surface area contributed by atoms with E-state index in [-0.39, 0.29) is 28.5 Å². The van der Waals surface area contributed by atoms with Crippen molar-refractivity contribution in [3.8, 4) is 17.6 Å². The van der Waals surface area contributed by atoms with Crippen molar-refractivity contribution >= 4 is 0 Å². The minimum absolute atomic E-state index is 0.0434. The fraction of sp³-hybridized carbons (Fsp3) is 0.125. The SMILES string of the molecule is Cc1cc2c(c(=O)o1)[C@H](c1ccc(O)cc1)C(C#N)=C(N)O2. The highest BCUT2D eigenvalue weighted by Crippen LogP contribution is 2.40. The van der Waals surface area contributed by atoms with Gasteiger partial charge in [-0.15, -0.1) is 0 Å². The Morgan fingerprint density at radius 2 is 2.00 bits per heavy atom. The van der Waals surface area contributed by atoms with E-state index in [1.54, 1.807) is 25.1 Å². The minimum atomic E-state index is -0.689. The quantitative estimate of drug-likeness (QED) is 0.831. The van der Waals surface area contributed by atoms with Crippen molar-refractivity contribution in [1.82, 2.24) is 0 Å². The summed E-state index contributed by atoms with van der Waals surface area (Å²) < 4.78 is 10.5. The van der Waals surface area contributed by atoms with E-state index >= 15 is 0 Å².